The van der Waals surface area contributed by atoms with Crippen molar-refractivity contribution in [2.75, 3.05) is 6.54 Å². The van der Waals surface area contributed by atoms with E-state index < -0.39 is 0 Å². The van der Waals surface area contributed by atoms with Gasteiger partial charge in [0.2, 0.25) is 0 Å². The number of hydrogen-bond donors (Lipinski definition) is 2. The van der Waals surface area contributed by atoms with Crippen LogP contribution in [0.1, 0.15) is 40.5 Å². The van der Waals surface area contributed by atoms with Gasteiger partial charge in [-0.1, -0.05) is 27.7 Å². The van der Waals surface area contributed by atoms with Crippen molar-refractivity contribution in [3.63, 3.8) is 0 Å². The second-order valence-corrected chi connectivity index (χ2v) is 4.19. The molecule has 2 heteroatoms. The molecule has 0 saturated carbocycles. The summed E-state index contributed by atoms with van der Waals surface area (Å²) in [6.07, 6.45) is 1.85. The summed E-state index contributed by atoms with van der Waals surface area (Å²) in [5.41, 5.74) is 0. The predicted octanol–water partition coefficient (Wildman–Crippen LogP) is 1.78. The fourth-order valence-corrected chi connectivity index (χ4v) is 1.000. The topological polar surface area (TPSA) is 32.3 Å². The van der Waals surface area contributed by atoms with Crippen LogP contribution in [0.5, 0.6) is 0 Å². The Kier molecular flexibility index (Phi) is 6.39. The molecule has 0 rings (SSSR count). The van der Waals surface area contributed by atoms with Crippen LogP contribution in [0.15, 0.2) is 0 Å². The van der Waals surface area contributed by atoms with Gasteiger partial charge in [0.1, 0.15) is 0 Å². The minimum absolute atomic E-state index is 0.171. The van der Waals surface area contributed by atoms with E-state index in [0.29, 0.717) is 12.0 Å². The molecule has 0 spiro atoms. The Morgan fingerprint density at radius 1 is 1.08 bits per heavy atom. The Hall–Kier alpha value is -0.0800. The lowest BCUT2D eigenvalue weighted by atomic mass is 10.1. The van der Waals surface area contributed by atoms with Crippen LogP contribution in [0.25, 0.3) is 0 Å². The molecule has 0 aromatic carbocycles. The van der Waals surface area contributed by atoms with Gasteiger partial charge >= 0.3 is 0 Å². The lowest BCUT2D eigenvalue weighted by Gasteiger charge is -2.14. The van der Waals surface area contributed by atoms with Gasteiger partial charge in [-0.2, -0.15) is 0 Å². The van der Waals surface area contributed by atoms with Crippen molar-refractivity contribution in [3.8, 4) is 0 Å². The highest BCUT2D eigenvalue weighted by molar-refractivity contribution is 4.62. The van der Waals surface area contributed by atoms with E-state index in [1.807, 2.05) is 0 Å². The standard InChI is InChI=1S/C10H23NO/c1-8(2)5-6-10(12)7-11-9(3)4/h8-12H,5-7H2,1-4H3/t10-/m0/s1. The molecule has 0 heterocycles. The van der Waals surface area contributed by atoms with Gasteiger partial charge < -0.3 is 10.4 Å². The summed E-state index contributed by atoms with van der Waals surface area (Å²) in [5, 5.41) is 12.7. The fourth-order valence-electron chi connectivity index (χ4n) is 1.000. The summed E-state index contributed by atoms with van der Waals surface area (Å²) in [6, 6.07) is 0.471. The zero-order valence-electron chi connectivity index (χ0n) is 8.80. The highest BCUT2D eigenvalue weighted by Crippen LogP contribution is 2.05. The first-order valence-corrected chi connectivity index (χ1v) is 4.93. The van der Waals surface area contributed by atoms with Gasteiger partial charge in [-0.15, -0.1) is 0 Å². The number of aliphatic hydroxyl groups excluding tert-OH is 1. The third-order valence-electron chi connectivity index (χ3n) is 1.84. The Morgan fingerprint density at radius 3 is 2.08 bits per heavy atom. The first kappa shape index (κ1) is 11.9. The first-order chi connectivity index (χ1) is 5.52. The SMILES string of the molecule is CC(C)CC[C@H](O)CNC(C)C. The molecule has 0 saturated heterocycles. The highest BCUT2D eigenvalue weighted by atomic mass is 16.3. The molecule has 2 N–H and O–H groups in total. The predicted molar refractivity (Wildman–Crippen MR) is 53.2 cm³/mol. The summed E-state index contributed by atoms with van der Waals surface area (Å²) in [6.45, 7) is 9.28. The van der Waals surface area contributed by atoms with Crippen LogP contribution >= 0.6 is 0 Å². The van der Waals surface area contributed by atoms with E-state index in [2.05, 4.69) is 33.0 Å². The Morgan fingerprint density at radius 2 is 1.67 bits per heavy atom. The number of nitrogens with one attached hydrogen (secondary N) is 1. The summed E-state index contributed by atoms with van der Waals surface area (Å²) in [7, 11) is 0. The highest BCUT2D eigenvalue weighted by Gasteiger charge is 2.05. The van der Waals surface area contributed by atoms with Crippen molar-refractivity contribution in [1.82, 2.24) is 5.32 Å². The monoisotopic (exact) mass is 173 g/mol. The van der Waals surface area contributed by atoms with E-state index in [0.717, 1.165) is 19.4 Å². The Labute approximate surface area is 76.4 Å². The fraction of sp³-hybridized carbons (Fsp3) is 1.00. The van der Waals surface area contributed by atoms with Gasteiger partial charge in [0, 0.05) is 12.6 Å². The Bertz CT molecular complexity index is 90.0. The summed E-state index contributed by atoms with van der Waals surface area (Å²) < 4.78 is 0. The molecule has 0 amide bonds. The number of aliphatic hydroxyl groups is 1. The quantitative estimate of drug-likeness (QED) is 0.641. The molecule has 1 atom stereocenters. The summed E-state index contributed by atoms with van der Waals surface area (Å²) >= 11 is 0. The van der Waals surface area contributed by atoms with E-state index in [1.54, 1.807) is 0 Å². The minimum Gasteiger partial charge on any atom is -0.392 e. The van der Waals surface area contributed by atoms with Gasteiger partial charge in [0.15, 0.2) is 0 Å². The van der Waals surface area contributed by atoms with Crippen molar-refractivity contribution < 1.29 is 5.11 Å². The molecule has 0 bridgehead atoms. The molecule has 0 unspecified atom stereocenters. The van der Waals surface area contributed by atoms with Crippen LogP contribution in [-0.2, 0) is 0 Å². The van der Waals surface area contributed by atoms with E-state index in [1.165, 1.54) is 0 Å². The number of hydrogen-bond acceptors (Lipinski definition) is 2. The zero-order chi connectivity index (χ0) is 9.56. The molecule has 0 aliphatic carbocycles. The van der Waals surface area contributed by atoms with Crippen LogP contribution in [0, 0.1) is 5.92 Å². The van der Waals surface area contributed by atoms with Crippen LogP contribution < -0.4 is 5.32 Å². The molecule has 0 aliphatic rings. The molecule has 0 aromatic heterocycles. The van der Waals surface area contributed by atoms with E-state index in [9.17, 15) is 5.11 Å². The smallest absolute Gasteiger partial charge is 0.0664 e. The molecule has 74 valence electrons. The van der Waals surface area contributed by atoms with Crippen molar-refractivity contribution in [2.45, 2.75) is 52.7 Å². The molecule has 0 radical (unpaired) electrons. The largest absolute Gasteiger partial charge is 0.392 e. The van der Waals surface area contributed by atoms with Gasteiger partial charge in [0.05, 0.1) is 6.10 Å². The normalized spacial score (nSPS) is 14.2. The molecule has 0 aliphatic heterocycles. The van der Waals surface area contributed by atoms with Gasteiger partial charge in [-0.05, 0) is 18.8 Å². The molecule has 12 heavy (non-hydrogen) atoms. The van der Waals surface area contributed by atoms with Gasteiger partial charge in [-0.25, -0.2) is 0 Å². The van der Waals surface area contributed by atoms with E-state index in [-0.39, 0.29) is 6.10 Å². The number of rotatable bonds is 6. The molecular weight excluding hydrogens is 150 g/mol. The molecular formula is C10H23NO. The summed E-state index contributed by atoms with van der Waals surface area (Å²) in [4.78, 5) is 0. The second-order valence-electron chi connectivity index (χ2n) is 4.19. The Balaban J connectivity index is 3.27. The van der Waals surface area contributed by atoms with E-state index in [4.69, 9.17) is 0 Å². The molecule has 2 nitrogen and oxygen atoms in total. The maximum absolute atomic E-state index is 9.48. The van der Waals surface area contributed by atoms with Crippen LogP contribution in [-0.4, -0.2) is 23.8 Å². The maximum atomic E-state index is 9.48. The third kappa shape index (κ3) is 8.02. The maximum Gasteiger partial charge on any atom is 0.0664 e. The van der Waals surface area contributed by atoms with Crippen molar-refractivity contribution in [1.29, 1.82) is 0 Å². The van der Waals surface area contributed by atoms with Crippen LogP contribution in [0.2, 0.25) is 0 Å². The average molecular weight is 173 g/mol. The molecule has 0 fully saturated rings. The van der Waals surface area contributed by atoms with Crippen molar-refractivity contribution in [2.24, 2.45) is 5.92 Å². The summed E-state index contributed by atoms with van der Waals surface area (Å²) in [5.74, 6) is 0.693. The lowest BCUT2D eigenvalue weighted by Crippen LogP contribution is -2.31. The zero-order valence-corrected chi connectivity index (χ0v) is 8.80. The first-order valence-electron chi connectivity index (χ1n) is 4.93. The minimum atomic E-state index is -0.171. The van der Waals surface area contributed by atoms with Gasteiger partial charge in [0.25, 0.3) is 0 Å². The van der Waals surface area contributed by atoms with Crippen molar-refractivity contribution in [3.05, 3.63) is 0 Å². The van der Waals surface area contributed by atoms with E-state index >= 15 is 0 Å². The van der Waals surface area contributed by atoms with Gasteiger partial charge in [-0.3, -0.25) is 0 Å². The molecule has 0 aromatic rings. The van der Waals surface area contributed by atoms with Crippen LogP contribution in [0.3, 0.4) is 0 Å². The second kappa shape index (κ2) is 6.44. The van der Waals surface area contributed by atoms with Crippen molar-refractivity contribution >= 4 is 0 Å². The lowest BCUT2D eigenvalue weighted by molar-refractivity contribution is 0.151. The average Bonchev–Trinajstić information content (AvgIpc) is 1.96. The third-order valence-corrected chi connectivity index (χ3v) is 1.84. The van der Waals surface area contributed by atoms with Crippen LogP contribution in [0.4, 0.5) is 0 Å².